The summed E-state index contributed by atoms with van der Waals surface area (Å²) in [5.41, 5.74) is 1.76. The Morgan fingerprint density at radius 1 is 1.15 bits per heavy atom. The number of urea groups is 2. The molecule has 0 saturated carbocycles. The second-order valence-corrected chi connectivity index (χ2v) is 8.46. The van der Waals surface area contributed by atoms with Gasteiger partial charge in [-0.25, -0.2) is 14.4 Å². The van der Waals surface area contributed by atoms with E-state index in [4.69, 9.17) is 16.3 Å². The van der Waals surface area contributed by atoms with Crippen LogP contribution >= 0.6 is 11.6 Å². The molecular weight excluding hydrogens is 446 g/mol. The first kappa shape index (κ1) is 24.9. The monoisotopic (exact) mass is 477 g/mol. The van der Waals surface area contributed by atoms with Crippen LogP contribution in [0.3, 0.4) is 0 Å². The van der Waals surface area contributed by atoms with E-state index in [9.17, 15) is 14.4 Å². The van der Waals surface area contributed by atoms with E-state index in [0.717, 1.165) is 18.5 Å². The molecule has 1 saturated heterocycles. The standard InChI is InChI=1S/C23H32ClN5O4/c1-4-25-22(31)29-12-6-11-28(13-14-29)15-18-19(21(30)33-5-2)20(26-23(32)27(18)3)16-7-9-17(24)10-8-16/h7-10,20H,4-6,11-15H2,1-3H3,(H,25,31)(H,26,32)/t20-/m1/s1. The maximum absolute atomic E-state index is 13.1. The Morgan fingerprint density at radius 3 is 2.55 bits per heavy atom. The second-order valence-electron chi connectivity index (χ2n) is 8.03. The lowest BCUT2D eigenvalue weighted by Gasteiger charge is -2.36. The fourth-order valence-corrected chi connectivity index (χ4v) is 4.24. The predicted molar refractivity (Wildman–Crippen MR) is 126 cm³/mol. The van der Waals surface area contributed by atoms with Crippen LogP contribution in [0, 0.1) is 0 Å². The number of hydrogen-bond acceptors (Lipinski definition) is 5. The summed E-state index contributed by atoms with van der Waals surface area (Å²) in [6.45, 7) is 7.48. The van der Waals surface area contributed by atoms with Crippen LogP contribution in [-0.2, 0) is 9.53 Å². The zero-order valence-electron chi connectivity index (χ0n) is 19.4. The fourth-order valence-electron chi connectivity index (χ4n) is 4.11. The first-order valence-corrected chi connectivity index (χ1v) is 11.7. The third-order valence-corrected chi connectivity index (χ3v) is 6.10. The van der Waals surface area contributed by atoms with E-state index in [2.05, 4.69) is 15.5 Å². The summed E-state index contributed by atoms with van der Waals surface area (Å²) in [5.74, 6) is -0.460. The molecule has 0 unspecified atom stereocenters. The Balaban J connectivity index is 1.91. The van der Waals surface area contributed by atoms with Gasteiger partial charge in [-0.1, -0.05) is 23.7 Å². The van der Waals surface area contributed by atoms with Gasteiger partial charge in [0.2, 0.25) is 0 Å². The number of hydrogen-bond donors (Lipinski definition) is 2. The molecule has 1 atom stereocenters. The maximum atomic E-state index is 13.1. The van der Waals surface area contributed by atoms with Gasteiger partial charge in [-0.3, -0.25) is 9.80 Å². The van der Waals surface area contributed by atoms with Crippen LogP contribution in [0.1, 0.15) is 31.9 Å². The highest BCUT2D eigenvalue weighted by molar-refractivity contribution is 6.30. The third kappa shape index (κ3) is 5.97. The number of carbonyl (C=O) groups excluding carboxylic acids is 3. The number of carbonyl (C=O) groups is 3. The molecule has 2 aliphatic rings. The van der Waals surface area contributed by atoms with Gasteiger partial charge >= 0.3 is 18.0 Å². The number of likely N-dealkylation sites (N-methyl/N-ethyl adjacent to an activating group) is 1. The van der Waals surface area contributed by atoms with Crippen LogP contribution < -0.4 is 10.6 Å². The summed E-state index contributed by atoms with van der Waals surface area (Å²) in [6, 6.07) is 6.05. The Labute approximate surface area is 199 Å². The van der Waals surface area contributed by atoms with Crippen LogP contribution in [0.25, 0.3) is 0 Å². The first-order chi connectivity index (χ1) is 15.8. The Bertz CT molecular complexity index is 905. The van der Waals surface area contributed by atoms with Gasteiger partial charge in [-0.2, -0.15) is 0 Å². The van der Waals surface area contributed by atoms with Gasteiger partial charge in [-0.05, 0) is 38.0 Å². The average Bonchev–Trinajstić information content (AvgIpc) is 3.03. The number of amides is 4. The van der Waals surface area contributed by atoms with Gasteiger partial charge in [0.25, 0.3) is 0 Å². The number of rotatable bonds is 6. The molecule has 10 heteroatoms. The minimum Gasteiger partial charge on any atom is -0.463 e. The molecule has 3 rings (SSSR count). The van der Waals surface area contributed by atoms with Crippen molar-refractivity contribution in [2.75, 3.05) is 52.9 Å². The van der Waals surface area contributed by atoms with Crippen molar-refractivity contribution in [3.05, 3.63) is 46.1 Å². The van der Waals surface area contributed by atoms with Crippen LogP contribution in [0.5, 0.6) is 0 Å². The highest BCUT2D eigenvalue weighted by Crippen LogP contribution is 2.32. The molecule has 0 radical (unpaired) electrons. The zero-order valence-corrected chi connectivity index (χ0v) is 20.2. The van der Waals surface area contributed by atoms with Crippen molar-refractivity contribution < 1.29 is 19.1 Å². The highest BCUT2D eigenvalue weighted by Gasteiger charge is 2.37. The van der Waals surface area contributed by atoms with Gasteiger partial charge in [0.05, 0.1) is 18.2 Å². The number of nitrogens with one attached hydrogen (secondary N) is 2. The third-order valence-electron chi connectivity index (χ3n) is 5.85. The fraction of sp³-hybridized carbons (Fsp3) is 0.522. The number of esters is 1. The summed E-state index contributed by atoms with van der Waals surface area (Å²) in [7, 11) is 1.65. The molecule has 0 spiro atoms. The molecule has 2 aliphatic heterocycles. The van der Waals surface area contributed by atoms with Crippen molar-refractivity contribution in [3.63, 3.8) is 0 Å². The molecule has 0 aliphatic carbocycles. The van der Waals surface area contributed by atoms with Gasteiger partial charge in [-0.15, -0.1) is 0 Å². The maximum Gasteiger partial charge on any atom is 0.338 e. The number of ether oxygens (including phenoxy) is 1. The van der Waals surface area contributed by atoms with E-state index < -0.39 is 12.0 Å². The van der Waals surface area contributed by atoms with Crippen molar-refractivity contribution in [3.8, 4) is 0 Å². The molecule has 4 amide bonds. The molecule has 33 heavy (non-hydrogen) atoms. The van der Waals surface area contributed by atoms with Gasteiger partial charge in [0.1, 0.15) is 0 Å². The molecule has 0 aromatic heterocycles. The Hall–Kier alpha value is -2.78. The Kier molecular flexibility index (Phi) is 8.57. The largest absolute Gasteiger partial charge is 0.463 e. The lowest BCUT2D eigenvalue weighted by Crippen LogP contribution is -2.49. The summed E-state index contributed by atoms with van der Waals surface area (Å²) < 4.78 is 5.38. The van der Waals surface area contributed by atoms with E-state index in [1.165, 1.54) is 4.90 Å². The van der Waals surface area contributed by atoms with Crippen LogP contribution in [-0.4, -0.2) is 85.7 Å². The summed E-state index contributed by atoms with van der Waals surface area (Å²) in [5, 5.41) is 6.33. The molecule has 0 bridgehead atoms. The minimum atomic E-state index is -0.640. The number of benzene rings is 1. The van der Waals surface area contributed by atoms with Crippen LogP contribution in [0.15, 0.2) is 35.5 Å². The quantitative estimate of drug-likeness (QED) is 0.614. The van der Waals surface area contributed by atoms with Crippen molar-refractivity contribution in [1.82, 2.24) is 25.3 Å². The van der Waals surface area contributed by atoms with Gasteiger partial charge < -0.3 is 20.3 Å². The second kappa shape index (κ2) is 11.4. The summed E-state index contributed by atoms with van der Waals surface area (Å²) >= 11 is 6.04. The molecule has 1 aromatic carbocycles. The molecule has 1 aromatic rings. The van der Waals surface area contributed by atoms with E-state index in [1.54, 1.807) is 43.1 Å². The van der Waals surface area contributed by atoms with Gasteiger partial charge in [0.15, 0.2) is 0 Å². The van der Waals surface area contributed by atoms with Crippen molar-refractivity contribution in [1.29, 1.82) is 0 Å². The van der Waals surface area contributed by atoms with Crippen molar-refractivity contribution >= 4 is 29.6 Å². The molecule has 9 nitrogen and oxygen atoms in total. The predicted octanol–water partition coefficient (Wildman–Crippen LogP) is 2.59. The summed E-state index contributed by atoms with van der Waals surface area (Å²) in [6.07, 6.45) is 0.801. The molecule has 180 valence electrons. The van der Waals surface area contributed by atoms with Gasteiger partial charge in [0, 0.05) is 57.0 Å². The van der Waals surface area contributed by atoms with Crippen molar-refractivity contribution in [2.24, 2.45) is 0 Å². The van der Waals surface area contributed by atoms with Crippen LogP contribution in [0.4, 0.5) is 9.59 Å². The normalized spacial score (nSPS) is 19.8. The van der Waals surface area contributed by atoms with E-state index in [1.807, 2.05) is 6.92 Å². The number of halogens is 1. The van der Waals surface area contributed by atoms with E-state index in [0.29, 0.717) is 49.0 Å². The SMILES string of the molecule is CCNC(=O)N1CCCN(CC2=C(C(=O)OCC)[C@@H](c3ccc(Cl)cc3)NC(=O)N2C)CC1. The topological polar surface area (TPSA) is 94.2 Å². The zero-order chi connectivity index (χ0) is 24.0. The van der Waals surface area contributed by atoms with Crippen LogP contribution in [0.2, 0.25) is 5.02 Å². The molecular formula is C23H32ClN5O4. The lowest BCUT2D eigenvalue weighted by atomic mass is 9.94. The summed E-state index contributed by atoms with van der Waals surface area (Å²) in [4.78, 5) is 43.6. The van der Waals surface area contributed by atoms with E-state index in [-0.39, 0.29) is 18.7 Å². The minimum absolute atomic E-state index is 0.0669. The van der Waals surface area contributed by atoms with Crippen molar-refractivity contribution in [2.45, 2.75) is 26.3 Å². The number of nitrogens with zero attached hydrogens (tertiary/aromatic N) is 3. The highest BCUT2D eigenvalue weighted by atomic mass is 35.5. The molecule has 1 fully saturated rings. The Morgan fingerprint density at radius 2 is 1.88 bits per heavy atom. The molecule has 2 heterocycles. The first-order valence-electron chi connectivity index (χ1n) is 11.3. The molecule has 2 N–H and O–H groups in total. The lowest BCUT2D eigenvalue weighted by molar-refractivity contribution is -0.139. The van der Waals surface area contributed by atoms with E-state index >= 15 is 0 Å². The average molecular weight is 478 g/mol. The smallest absolute Gasteiger partial charge is 0.338 e.